The highest BCUT2D eigenvalue weighted by atomic mass is 16.9. The van der Waals surface area contributed by atoms with Gasteiger partial charge in [-0.05, 0) is 25.8 Å². The zero-order valence-corrected chi connectivity index (χ0v) is 37.4. The minimum absolute atomic E-state index is 0.0103. The highest BCUT2D eigenvalue weighted by molar-refractivity contribution is 6.19. The van der Waals surface area contributed by atoms with Gasteiger partial charge in [0, 0.05) is 93.6 Å². The predicted molar refractivity (Wildman–Crippen MR) is 226 cm³/mol. The average Bonchev–Trinajstić information content (AvgIpc) is 3.94. The van der Waals surface area contributed by atoms with Crippen LogP contribution in [-0.2, 0) is 33.3 Å². The van der Waals surface area contributed by atoms with Gasteiger partial charge in [-0.25, -0.2) is 0 Å². The van der Waals surface area contributed by atoms with E-state index in [1.807, 2.05) is 26.0 Å². The Morgan fingerprint density at radius 1 is 1.00 bits per heavy atom. The predicted octanol–water partition coefficient (Wildman–Crippen LogP) is 5.28. The molecule has 8 aliphatic rings. The first kappa shape index (κ1) is 42.5. The van der Waals surface area contributed by atoms with Crippen molar-refractivity contribution < 1.29 is 53.0 Å². The van der Waals surface area contributed by atoms with E-state index in [2.05, 4.69) is 37.9 Å². The van der Waals surface area contributed by atoms with Crippen LogP contribution in [0.5, 0.6) is 17.2 Å². The van der Waals surface area contributed by atoms with Crippen LogP contribution < -0.4 is 20.8 Å². The first-order valence-electron chi connectivity index (χ1n) is 21.8. The Bertz CT molecular complexity index is 2540. The highest BCUT2D eigenvalue weighted by Gasteiger charge is 3.08. The molecule has 10 atom stereocenters. The highest BCUT2D eigenvalue weighted by Crippen LogP contribution is 2.89. The topological polar surface area (TPSA) is 194 Å². The first-order chi connectivity index (χ1) is 29.2. The van der Waals surface area contributed by atoms with Crippen molar-refractivity contribution in [3.05, 3.63) is 58.0 Å². The molecule has 15 nitrogen and oxygen atoms in total. The van der Waals surface area contributed by atoms with E-state index < -0.39 is 70.0 Å². The molecular weight excluding hydrogens is 797 g/mol. The van der Waals surface area contributed by atoms with Crippen molar-refractivity contribution >= 4 is 34.1 Å². The molecule has 332 valence electrons. The lowest BCUT2D eigenvalue weighted by molar-refractivity contribution is -0.158. The number of amides is 1. The number of nitrogens with zero attached hydrogens (tertiary/aromatic N) is 3. The molecule has 10 rings (SSSR count). The van der Waals surface area contributed by atoms with Gasteiger partial charge in [0.15, 0.2) is 11.4 Å². The molecule has 2 aromatic rings. The lowest BCUT2D eigenvalue weighted by Gasteiger charge is -2.42. The number of phenolic OH excluding ortho intramolecular Hbond substituents is 2. The Kier molecular flexibility index (Phi) is 9.65. The van der Waals surface area contributed by atoms with Gasteiger partial charge in [0.1, 0.15) is 39.8 Å². The van der Waals surface area contributed by atoms with Gasteiger partial charge in [-0.2, -0.15) is 0 Å². The van der Waals surface area contributed by atoms with E-state index in [9.17, 15) is 24.6 Å². The molecule has 0 aromatic heterocycles. The molecule has 3 saturated heterocycles. The Morgan fingerprint density at radius 3 is 2.32 bits per heavy atom. The van der Waals surface area contributed by atoms with Crippen molar-refractivity contribution in [2.24, 2.45) is 39.6 Å². The Balaban J connectivity index is 1.19. The maximum absolute atomic E-state index is 14.8. The molecule has 4 fully saturated rings. The van der Waals surface area contributed by atoms with Crippen LogP contribution in [0.1, 0.15) is 91.1 Å². The van der Waals surface area contributed by atoms with E-state index >= 15 is 0 Å². The monoisotopic (exact) mass is 854 g/mol. The summed E-state index contributed by atoms with van der Waals surface area (Å²) in [5.74, 6) is -5.41. The number of rotatable bonds is 4. The largest absolute Gasteiger partial charge is 0.507 e. The summed E-state index contributed by atoms with van der Waals surface area (Å²) < 4.78 is 37.5. The third kappa shape index (κ3) is 5.66. The molecule has 1 unspecified atom stereocenters. The molecule has 1 amide bonds. The first-order valence-corrected chi connectivity index (χ1v) is 21.8. The summed E-state index contributed by atoms with van der Waals surface area (Å²) in [6.07, 6.45) is 8.29. The zero-order chi connectivity index (χ0) is 44.6. The van der Waals surface area contributed by atoms with Crippen molar-refractivity contribution in [2.75, 3.05) is 32.1 Å². The summed E-state index contributed by atoms with van der Waals surface area (Å²) in [6.45, 7) is 20.9. The normalized spacial score (nSPS) is 38.6. The van der Waals surface area contributed by atoms with E-state index in [0.717, 1.165) is 19.6 Å². The number of carbonyl (C=O) groups excluding carboxylic acids is 3. The number of likely N-dealkylation sites (tertiary alicyclic amines) is 1. The van der Waals surface area contributed by atoms with Crippen molar-refractivity contribution in [3.8, 4) is 17.2 Å². The summed E-state index contributed by atoms with van der Waals surface area (Å²) in [4.78, 5) is 54.2. The molecular formula is C47H58N4O11. The number of epoxide rings is 2. The number of anilines is 1. The van der Waals surface area contributed by atoms with E-state index in [1.54, 1.807) is 33.1 Å². The Morgan fingerprint density at radius 2 is 1.68 bits per heavy atom. The number of methoxy groups -OCH3 is 1. The molecule has 7 bridgehead atoms. The van der Waals surface area contributed by atoms with Crippen molar-refractivity contribution in [2.45, 2.75) is 123 Å². The number of carbonyl (C=O) groups is 3. The van der Waals surface area contributed by atoms with E-state index in [0.29, 0.717) is 24.3 Å². The van der Waals surface area contributed by atoms with E-state index in [4.69, 9.17) is 38.4 Å². The third-order valence-electron chi connectivity index (χ3n) is 14.9. The standard InChI is InChI=1S/C47H58N4O11/c1-22(2)21-51-18-16-44(17-19-51)49-34-31-32-37(53)26(6)40-33(31)41(55)43(10,60-40)58-20-15-30(57-11)25(5)39(59-29(9)52)27(7)46-28(8)45(47(46,61-45)62-46)24(4)14-12-13-23(3)42(56)48-36(38(32)54)35(34)50-44/h12-15,20,22,24-25,27-28,30,39,53-54H,16-19,21H2,1-11H3,(H,48,56)/b14-12+,20-15+,23-13-/t24-,25+,27-,28+,30-,39+,43-,45-,46-,47?/m0/s1. The fourth-order valence-electron chi connectivity index (χ4n) is 11.6. The van der Waals surface area contributed by atoms with Gasteiger partial charge in [0.2, 0.25) is 5.79 Å². The number of hydrogen-bond donors (Lipinski definition) is 3. The molecule has 3 N–H and O–H groups in total. The molecule has 15 heteroatoms. The third-order valence-corrected chi connectivity index (χ3v) is 14.9. The number of nitrogens with one attached hydrogen (secondary N) is 1. The van der Waals surface area contributed by atoms with Gasteiger partial charge < -0.3 is 48.9 Å². The number of phenols is 2. The number of ether oxygens (including phenoxy) is 6. The number of esters is 1. The number of aromatic hydroxyl groups is 2. The number of benzene rings is 2. The molecule has 2 aromatic carbocycles. The van der Waals surface area contributed by atoms with E-state index in [-0.39, 0.29) is 67.6 Å². The number of ketones is 1. The maximum atomic E-state index is 14.8. The average molecular weight is 855 g/mol. The van der Waals surface area contributed by atoms with Crippen LogP contribution in [0, 0.1) is 36.5 Å². The number of fused-ring (bicyclic) bond motifs is 9. The SMILES string of the molecule is CO[C@H]1/C=C/O[C@@]2(C)Oc3c(C)c(O)c4c(O)c(c5c(c4c3C2=O)=NC2(CCN(CC(C)C)CC2)N=5)NC(=O)/C(C)=C\C=C\[C@H](C)[C@@]23OC24O[C@]4([C@@H]3C)[C@@H](C)[C@H](OC(C)=O)[C@@H]1C. The minimum atomic E-state index is -1.92. The quantitative estimate of drug-likeness (QED) is 0.205. The minimum Gasteiger partial charge on any atom is -0.507 e. The summed E-state index contributed by atoms with van der Waals surface area (Å²) in [5.41, 5.74) is -1.64. The molecule has 7 aliphatic heterocycles. The van der Waals surface area contributed by atoms with Crippen LogP contribution in [0.4, 0.5) is 5.69 Å². The maximum Gasteiger partial charge on any atom is 0.312 e. The molecule has 4 spiro atoms. The number of hydrogen-bond acceptors (Lipinski definition) is 14. The molecule has 7 heterocycles. The van der Waals surface area contributed by atoms with Gasteiger partial charge in [0.05, 0.1) is 28.7 Å². The van der Waals surface area contributed by atoms with Crippen LogP contribution in [0.2, 0.25) is 0 Å². The number of allylic oxidation sites excluding steroid dienone is 2. The van der Waals surface area contributed by atoms with Crippen LogP contribution in [-0.4, -0.2) is 100 Å². The van der Waals surface area contributed by atoms with Crippen molar-refractivity contribution in [3.63, 3.8) is 0 Å². The second kappa shape index (κ2) is 14.1. The second-order valence-corrected chi connectivity index (χ2v) is 19.1. The lowest BCUT2D eigenvalue weighted by atomic mass is 9.56. The summed E-state index contributed by atoms with van der Waals surface area (Å²) in [6, 6.07) is 0. The summed E-state index contributed by atoms with van der Waals surface area (Å²) >= 11 is 0. The van der Waals surface area contributed by atoms with Gasteiger partial charge in [-0.15, -0.1) is 0 Å². The van der Waals surface area contributed by atoms with Crippen molar-refractivity contribution in [1.82, 2.24) is 4.90 Å². The van der Waals surface area contributed by atoms with Crippen LogP contribution in [0.15, 0.2) is 46.1 Å². The fourth-order valence-corrected chi connectivity index (χ4v) is 11.6. The molecule has 62 heavy (non-hydrogen) atoms. The van der Waals surface area contributed by atoms with Gasteiger partial charge >= 0.3 is 11.8 Å². The summed E-state index contributed by atoms with van der Waals surface area (Å²) in [7, 11) is 1.54. The molecule has 1 saturated carbocycles. The van der Waals surface area contributed by atoms with Gasteiger partial charge in [-0.3, -0.25) is 24.4 Å². The van der Waals surface area contributed by atoms with Crippen LogP contribution in [0.25, 0.3) is 10.8 Å². The smallest absolute Gasteiger partial charge is 0.312 e. The lowest BCUT2D eigenvalue weighted by Crippen LogP contribution is -2.59. The van der Waals surface area contributed by atoms with Crippen LogP contribution in [0.3, 0.4) is 0 Å². The molecule has 1 aliphatic carbocycles. The fraction of sp³-hybridized carbons (Fsp3) is 0.596. The second-order valence-electron chi connectivity index (χ2n) is 19.1. The van der Waals surface area contributed by atoms with E-state index in [1.165, 1.54) is 20.1 Å². The molecule has 0 radical (unpaired) electrons. The summed E-state index contributed by atoms with van der Waals surface area (Å²) in [5, 5.41) is 27.5. The number of Topliss-reactive ketones (excluding diaryl/α,β-unsaturated/α-hetero) is 1. The van der Waals surface area contributed by atoms with Crippen LogP contribution >= 0.6 is 0 Å². The number of piperidine rings is 1. The van der Waals surface area contributed by atoms with Gasteiger partial charge in [-0.1, -0.05) is 59.8 Å². The zero-order valence-electron chi connectivity index (χ0n) is 37.4. The Labute approximate surface area is 360 Å². The van der Waals surface area contributed by atoms with Crippen molar-refractivity contribution in [1.29, 1.82) is 0 Å². The Hall–Kier alpha value is -4.83. The van der Waals surface area contributed by atoms with Gasteiger partial charge in [0.25, 0.3) is 11.7 Å².